The lowest BCUT2D eigenvalue weighted by Gasteiger charge is -2.09. The van der Waals surface area contributed by atoms with Crippen molar-refractivity contribution in [3.8, 4) is 5.75 Å². The zero-order valence-corrected chi connectivity index (χ0v) is 21.5. The molecule has 3 aromatic carbocycles. The number of urea groups is 1. The van der Waals surface area contributed by atoms with E-state index in [-0.39, 0.29) is 0 Å². The van der Waals surface area contributed by atoms with E-state index in [1.54, 1.807) is 24.4 Å². The maximum absolute atomic E-state index is 12.0. The first-order chi connectivity index (χ1) is 14.8. The molecule has 0 radical (unpaired) electrons. The molecule has 3 rings (SSSR count). The number of benzene rings is 3. The third-order valence-corrected chi connectivity index (χ3v) is 6.60. The van der Waals surface area contributed by atoms with Crippen LogP contribution < -0.4 is 15.5 Å². The molecule has 0 unspecified atom stereocenters. The predicted octanol–water partition coefficient (Wildman–Crippen LogP) is 7.40. The Morgan fingerprint density at radius 2 is 1.94 bits per heavy atom. The third kappa shape index (κ3) is 7.10. The summed E-state index contributed by atoms with van der Waals surface area (Å²) in [5.74, 6) is 0.736. The van der Waals surface area contributed by atoms with E-state index in [1.807, 2.05) is 43.3 Å². The van der Waals surface area contributed by atoms with Crippen LogP contribution >= 0.6 is 61.7 Å². The third-order valence-electron chi connectivity index (χ3n) is 4.13. The molecule has 0 fully saturated rings. The van der Waals surface area contributed by atoms with Crippen LogP contribution in [0.5, 0.6) is 5.75 Å². The van der Waals surface area contributed by atoms with Crippen molar-refractivity contribution < 1.29 is 9.53 Å². The first-order valence-corrected chi connectivity index (χ1v) is 11.7. The molecule has 0 aliphatic heterocycles. The van der Waals surface area contributed by atoms with E-state index in [0.717, 1.165) is 30.5 Å². The fourth-order valence-corrected chi connectivity index (χ4v) is 3.81. The van der Waals surface area contributed by atoms with Gasteiger partial charge in [0.15, 0.2) is 0 Å². The van der Waals surface area contributed by atoms with Crippen LogP contribution in [-0.4, -0.2) is 12.2 Å². The summed E-state index contributed by atoms with van der Waals surface area (Å²) in [6.45, 7) is 2.32. The summed E-state index contributed by atoms with van der Waals surface area (Å²) < 4.78 is 7.76. The molecule has 0 aliphatic rings. The van der Waals surface area contributed by atoms with Crippen molar-refractivity contribution >= 4 is 79.7 Å². The van der Waals surface area contributed by atoms with Gasteiger partial charge in [0, 0.05) is 10.2 Å². The van der Waals surface area contributed by atoms with Crippen molar-refractivity contribution in [1.82, 2.24) is 5.43 Å². The highest BCUT2D eigenvalue weighted by Crippen LogP contribution is 2.26. The van der Waals surface area contributed by atoms with Gasteiger partial charge in [-0.3, -0.25) is 0 Å². The number of rotatable bonds is 6. The molecule has 31 heavy (non-hydrogen) atoms. The largest absolute Gasteiger partial charge is 0.488 e. The molecule has 0 heterocycles. The summed E-state index contributed by atoms with van der Waals surface area (Å²) in [4.78, 5) is 12.0. The summed E-state index contributed by atoms with van der Waals surface area (Å²) in [6.07, 6.45) is 1.57. The van der Waals surface area contributed by atoms with E-state index in [0.29, 0.717) is 22.3 Å². The number of aryl methyl sites for hydroxylation is 1. The number of amides is 2. The van der Waals surface area contributed by atoms with Crippen molar-refractivity contribution in [1.29, 1.82) is 0 Å². The minimum atomic E-state index is -0.422. The van der Waals surface area contributed by atoms with Crippen molar-refractivity contribution in [3.63, 3.8) is 0 Å². The quantitative estimate of drug-likeness (QED) is 0.169. The van der Waals surface area contributed by atoms with E-state index >= 15 is 0 Å². The molecule has 0 aromatic heterocycles. The minimum absolute atomic E-state index is 0.373. The molecule has 0 aliphatic carbocycles. The van der Waals surface area contributed by atoms with Gasteiger partial charge in [-0.25, -0.2) is 10.2 Å². The summed E-state index contributed by atoms with van der Waals surface area (Å²) in [6, 6.07) is 16.1. The Balaban J connectivity index is 1.54. The molecule has 2 amide bonds. The van der Waals surface area contributed by atoms with Gasteiger partial charge < -0.3 is 10.1 Å². The molecule has 9 heteroatoms. The predicted molar refractivity (Wildman–Crippen MR) is 139 cm³/mol. The minimum Gasteiger partial charge on any atom is -0.488 e. The van der Waals surface area contributed by atoms with E-state index in [4.69, 9.17) is 27.9 Å². The second kappa shape index (κ2) is 11.2. The number of halogens is 4. The number of anilines is 1. The summed E-state index contributed by atoms with van der Waals surface area (Å²) in [5.41, 5.74) is 5.92. The van der Waals surface area contributed by atoms with Crippen molar-refractivity contribution in [2.24, 2.45) is 5.10 Å². The van der Waals surface area contributed by atoms with Gasteiger partial charge in [-0.05, 0) is 94.7 Å². The smallest absolute Gasteiger partial charge is 0.339 e. The molecule has 0 atom stereocenters. The maximum Gasteiger partial charge on any atom is 0.339 e. The zero-order chi connectivity index (χ0) is 22.4. The molecule has 0 spiro atoms. The zero-order valence-electron chi connectivity index (χ0n) is 16.3. The van der Waals surface area contributed by atoms with Crippen LogP contribution in [0.2, 0.25) is 10.0 Å². The first-order valence-electron chi connectivity index (χ1n) is 9.04. The molecular formula is C22H17BrCl2IN3O2. The van der Waals surface area contributed by atoms with E-state index in [2.05, 4.69) is 54.4 Å². The van der Waals surface area contributed by atoms with Gasteiger partial charge in [0.1, 0.15) is 12.4 Å². The maximum atomic E-state index is 12.0. The number of hydrazone groups is 1. The van der Waals surface area contributed by atoms with E-state index in [1.165, 1.54) is 0 Å². The molecule has 3 aromatic rings. The standard InChI is InChI=1S/C22H17BrCl2IN3O2/c1-13-8-16(4-5-17(13)23)28-22(30)29-27-11-14-3-7-21(20(26)10-14)31-12-15-2-6-18(24)19(25)9-15/h2-11H,12H2,1H3,(H2,28,29,30)/b27-11+. The highest BCUT2D eigenvalue weighted by molar-refractivity contribution is 14.1. The molecule has 160 valence electrons. The second-order valence-corrected chi connectivity index (χ2v) is 9.35. The van der Waals surface area contributed by atoms with Crippen molar-refractivity contribution in [3.05, 3.63) is 89.4 Å². The van der Waals surface area contributed by atoms with Crippen LogP contribution in [0.15, 0.2) is 64.2 Å². The fourth-order valence-electron chi connectivity index (χ4n) is 2.55. The molecule has 2 N–H and O–H groups in total. The fraction of sp³-hybridized carbons (Fsp3) is 0.0909. The Labute approximate surface area is 212 Å². The summed E-state index contributed by atoms with van der Waals surface area (Å²) >= 11 is 17.6. The van der Waals surface area contributed by atoms with Gasteiger partial charge in [0.2, 0.25) is 0 Å². The molecule has 0 bridgehead atoms. The van der Waals surface area contributed by atoms with Crippen LogP contribution in [0.1, 0.15) is 16.7 Å². The van der Waals surface area contributed by atoms with Crippen molar-refractivity contribution in [2.75, 3.05) is 5.32 Å². The molecule has 5 nitrogen and oxygen atoms in total. The number of ether oxygens (including phenoxy) is 1. The highest BCUT2D eigenvalue weighted by Gasteiger charge is 2.05. The van der Waals surface area contributed by atoms with Gasteiger partial charge >= 0.3 is 6.03 Å². The second-order valence-electron chi connectivity index (χ2n) is 6.52. The average Bonchev–Trinajstić information content (AvgIpc) is 2.72. The first kappa shape index (κ1) is 23.8. The number of carbonyl (C=O) groups excluding carboxylic acids is 1. The lowest BCUT2D eigenvalue weighted by Crippen LogP contribution is -2.24. The Morgan fingerprint density at radius 1 is 1.13 bits per heavy atom. The Kier molecular flexibility index (Phi) is 8.59. The van der Waals surface area contributed by atoms with Gasteiger partial charge in [-0.2, -0.15) is 5.10 Å². The normalized spacial score (nSPS) is 10.9. The van der Waals surface area contributed by atoms with Crippen LogP contribution in [0.3, 0.4) is 0 Å². The summed E-state index contributed by atoms with van der Waals surface area (Å²) in [5, 5.41) is 7.73. The monoisotopic (exact) mass is 631 g/mol. The lowest BCUT2D eigenvalue weighted by atomic mass is 10.2. The Morgan fingerprint density at radius 3 is 2.65 bits per heavy atom. The Hall–Kier alpha value is -1.81. The SMILES string of the molecule is Cc1cc(NC(=O)N/N=C/c2ccc(OCc3ccc(Cl)c(Cl)c3)c(I)c2)ccc1Br. The number of hydrogen-bond acceptors (Lipinski definition) is 3. The van der Waals surface area contributed by atoms with Gasteiger partial charge in [-0.15, -0.1) is 0 Å². The highest BCUT2D eigenvalue weighted by atomic mass is 127. The van der Waals surface area contributed by atoms with Crippen LogP contribution in [0, 0.1) is 10.5 Å². The summed E-state index contributed by atoms with van der Waals surface area (Å²) in [7, 11) is 0. The van der Waals surface area contributed by atoms with Crippen LogP contribution in [-0.2, 0) is 6.61 Å². The van der Waals surface area contributed by atoms with Gasteiger partial charge in [0.05, 0.1) is 19.8 Å². The molecule has 0 saturated heterocycles. The molecule has 0 saturated carbocycles. The van der Waals surface area contributed by atoms with Crippen molar-refractivity contribution in [2.45, 2.75) is 13.5 Å². The number of nitrogens with one attached hydrogen (secondary N) is 2. The molecular weight excluding hydrogens is 616 g/mol. The average molecular weight is 633 g/mol. The van der Waals surface area contributed by atoms with E-state index in [9.17, 15) is 4.79 Å². The Bertz CT molecular complexity index is 1140. The van der Waals surface area contributed by atoms with Gasteiger partial charge in [0.25, 0.3) is 0 Å². The number of carbonyl (C=O) groups is 1. The number of hydrogen-bond donors (Lipinski definition) is 2. The van der Waals surface area contributed by atoms with Crippen LogP contribution in [0.25, 0.3) is 0 Å². The van der Waals surface area contributed by atoms with Crippen LogP contribution in [0.4, 0.5) is 10.5 Å². The number of nitrogens with zero attached hydrogens (tertiary/aromatic N) is 1. The topological polar surface area (TPSA) is 62.7 Å². The van der Waals surface area contributed by atoms with E-state index < -0.39 is 6.03 Å². The lowest BCUT2D eigenvalue weighted by molar-refractivity contribution is 0.252. The van der Waals surface area contributed by atoms with Gasteiger partial charge in [-0.1, -0.05) is 45.2 Å².